The summed E-state index contributed by atoms with van der Waals surface area (Å²) in [6.45, 7) is 4.99. The molecule has 0 fully saturated rings. The van der Waals surface area contributed by atoms with Crippen LogP contribution in [0, 0.1) is 0 Å². The molecule has 5 nitrogen and oxygen atoms in total. The van der Waals surface area contributed by atoms with E-state index in [4.69, 9.17) is 4.74 Å². The van der Waals surface area contributed by atoms with E-state index in [9.17, 15) is 0 Å². The number of anilines is 1. The second kappa shape index (κ2) is 6.13. The van der Waals surface area contributed by atoms with Crippen LogP contribution in [0.4, 0.5) is 5.82 Å². The number of aromatic nitrogens is 3. The van der Waals surface area contributed by atoms with E-state index in [1.54, 1.807) is 19.6 Å². The standard InChI is InChI=1S/C14H18N4O/c1-4-11-13(17-9-18-14(11)15-5-2)10-6-7-12(19-3)16-8-10/h6-9H,4-5H2,1-3H3,(H,15,17,18). The molecule has 5 heteroatoms. The molecule has 0 unspecified atom stereocenters. The Balaban J connectivity index is 2.45. The van der Waals surface area contributed by atoms with Gasteiger partial charge in [-0.1, -0.05) is 6.92 Å². The monoisotopic (exact) mass is 258 g/mol. The maximum Gasteiger partial charge on any atom is 0.212 e. The number of hydrogen-bond acceptors (Lipinski definition) is 5. The maximum atomic E-state index is 5.07. The first-order chi connectivity index (χ1) is 9.30. The van der Waals surface area contributed by atoms with Crippen LogP contribution in [0.2, 0.25) is 0 Å². The molecule has 0 amide bonds. The minimum absolute atomic E-state index is 0.600. The first kappa shape index (κ1) is 13.3. The van der Waals surface area contributed by atoms with E-state index in [1.165, 1.54) is 0 Å². The molecule has 2 aromatic rings. The highest BCUT2D eigenvalue weighted by Crippen LogP contribution is 2.26. The van der Waals surface area contributed by atoms with Gasteiger partial charge in [0.15, 0.2) is 0 Å². The number of methoxy groups -OCH3 is 1. The van der Waals surface area contributed by atoms with E-state index in [1.807, 2.05) is 12.1 Å². The number of nitrogens with one attached hydrogen (secondary N) is 1. The first-order valence-corrected chi connectivity index (χ1v) is 6.38. The van der Waals surface area contributed by atoms with Crippen LogP contribution in [-0.4, -0.2) is 28.6 Å². The van der Waals surface area contributed by atoms with Gasteiger partial charge in [-0.15, -0.1) is 0 Å². The Hall–Kier alpha value is -2.17. The number of pyridine rings is 1. The van der Waals surface area contributed by atoms with E-state index in [0.717, 1.165) is 35.6 Å². The van der Waals surface area contributed by atoms with Crippen LogP contribution in [0.25, 0.3) is 11.3 Å². The van der Waals surface area contributed by atoms with Crippen LogP contribution in [0.1, 0.15) is 19.4 Å². The van der Waals surface area contributed by atoms with Crippen molar-refractivity contribution < 1.29 is 4.74 Å². The molecule has 0 aromatic carbocycles. The molecule has 0 bridgehead atoms. The molecule has 19 heavy (non-hydrogen) atoms. The first-order valence-electron chi connectivity index (χ1n) is 6.38. The lowest BCUT2D eigenvalue weighted by Gasteiger charge is -2.12. The number of hydrogen-bond donors (Lipinski definition) is 1. The minimum atomic E-state index is 0.600. The highest BCUT2D eigenvalue weighted by Gasteiger charge is 2.11. The van der Waals surface area contributed by atoms with Crippen molar-refractivity contribution in [2.24, 2.45) is 0 Å². The quantitative estimate of drug-likeness (QED) is 0.893. The van der Waals surface area contributed by atoms with Gasteiger partial charge in [0.2, 0.25) is 5.88 Å². The summed E-state index contributed by atoms with van der Waals surface area (Å²) in [6, 6.07) is 3.80. The lowest BCUT2D eigenvalue weighted by molar-refractivity contribution is 0.398. The van der Waals surface area contributed by atoms with Gasteiger partial charge in [-0.25, -0.2) is 15.0 Å². The molecular weight excluding hydrogens is 240 g/mol. The lowest BCUT2D eigenvalue weighted by Crippen LogP contribution is -2.05. The molecule has 2 aromatic heterocycles. The van der Waals surface area contributed by atoms with Crippen molar-refractivity contribution in [2.75, 3.05) is 19.0 Å². The average molecular weight is 258 g/mol. The zero-order valence-corrected chi connectivity index (χ0v) is 11.5. The third-order valence-electron chi connectivity index (χ3n) is 2.86. The van der Waals surface area contributed by atoms with Crippen LogP contribution in [0.5, 0.6) is 5.88 Å². The fourth-order valence-corrected chi connectivity index (χ4v) is 1.96. The third-order valence-corrected chi connectivity index (χ3v) is 2.86. The molecule has 100 valence electrons. The largest absolute Gasteiger partial charge is 0.481 e. The Morgan fingerprint density at radius 3 is 2.58 bits per heavy atom. The Morgan fingerprint density at radius 1 is 1.16 bits per heavy atom. The Morgan fingerprint density at radius 2 is 2.00 bits per heavy atom. The zero-order valence-electron chi connectivity index (χ0n) is 11.5. The maximum absolute atomic E-state index is 5.07. The fourth-order valence-electron chi connectivity index (χ4n) is 1.96. The molecule has 0 spiro atoms. The predicted octanol–water partition coefficient (Wildman–Crippen LogP) is 2.54. The average Bonchev–Trinajstić information content (AvgIpc) is 2.47. The summed E-state index contributed by atoms with van der Waals surface area (Å²) in [6.07, 6.45) is 4.22. The molecular formula is C14H18N4O. The third kappa shape index (κ3) is 2.81. The number of ether oxygens (including phenoxy) is 1. The molecule has 1 N–H and O–H groups in total. The van der Waals surface area contributed by atoms with Gasteiger partial charge in [-0.05, 0) is 19.4 Å². The summed E-state index contributed by atoms with van der Waals surface area (Å²) >= 11 is 0. The fraction of sp³-hybridized carbons (Fsp3) is 0.357. The summed E-state index contributed by atoms with van der Waals surface area (Å²) in [5.74, 6) is 1.49. The molecule has 0 saturated carbocycles. The predicted molar refractivity (Wildman–Crippen MR) is 75.4 cm³/mol. The van der Waals surface area contributed by atoms with Crippen molar-refractivity contribution in [3.05, 3.63) is 30.2 Å². The van der Waals surface area contributed by atoms with E-state index in [0.29, 0.717) is 5.88 Å². The van der Waals surface area contributed by atoms with Crippen LogP contribution in [0.15, 0.2) is 24.7 Å². The topological polar surface area (TPSA) is 59.9 Å². The highest BCUT2D eigenvalue weighted by molar-refractivity contribution is 5.67. The number of rotatable bonds is 5. The van der Waals surface area contributed by atoms with Gasteiger partial charge in [0.25, 0.3) is 0 Å². The van der Waals surface area contributed by atoms with Crippen molar-refractivity contribution in [1.82, 2.24) is 15.0 Å². The van der Waals surface area contributed by atoms with Crippen molar-refractivity contribution in [1.29, 1.82) is 0 Å². The summed E-state index contributed by atoms with van der Waals surface area (Å²) in [7, 11) is 1.60. The molecule has 0 aliphatic heterocycles. The van der Waals surface area contributed by atoms with Gasteiger partial charge in [-0.2, -0.15) is 0 Å². The van der Waals surface area contributed by atoms with E-state index in [-0.39, 0.29) is 0 Å². The molecule has 0 atom stereocenters. The van der Waals surface area contributed by atoms with E-state index < -0.39 is 0 Å². The van der Waals surface area contributed by atoms with Crippen molar-refractivity contribution in [3.63, 3.8) is 0 Å². The van der Waals surface area contributed by atoms with Gasteiger partial charge in [0.05, 0.1) is 12.8 Å². The van der Waals surface area contributed by atoms with E-state index >= 15 is 0 Å². The Kier molecular flexibility index (Phi) is 4.28. The van der Waals surface area contributed by atoms with Crippen LogP contribution >= 0.6 is 0 Å². The lowest BCUT2D eigenvalue weighted by atomic mass is 10.1. The van der Waals surface area contributed by atoms with Crippen LogP contribution in [0.3, 0.4) is 0 Å². The van der Waals surface area contributed by atoms with Crippen molar-refractivity contribution >= 4 is 5.82 Å². The second-order valence-electron chi connectivity index (χ2n) is 4.02. The minimum Gasteiger partial charge on any atom is -0.481 e. The molecule has 0 radical (unpaired) electrons. The van der Waals surface area contributed by atoms with Gasteiger partial charge >= 0.3 is 0 Å². The zero-order chi connectivity index (χ0) is 13.7. The normalized spacial score (nSPS) is 10.3. The number of nitrogens with zero attached hydrogens (tertiary/aromatic N) is 3. The van der Waals surface area contributed by atoms with Crippen molar-refractivity contribution in [3.8, 4) is 17.1 Å². The molecule has 0 saturated heterocycles. The van der Waals surface area contributed by atoms with Crippen molar-refractivity contribution in [2.45, 2.75) is 20.3 Å². The van der Waals surface area contributed by atoms with Gasteiger partial charge in [-0.3, -0.25) is 0 Å². The van der Waals surface area contributed by atoms with Gasteiger partial charge < -0.3 is 10.1 Å². The SMILES string of the molecule is CCNc1ncnc(-c2ccc(OC)nc2)c1CC. The van der Waals surface area contributed by atoms with Gasteiger partial charge in [0, 0.05) is 29.9 Å². The van der Waals surface area contributed by atoms with E-state index in [2.05, 4.69) is 34.1 Å². The Bertz CT molecular complexity index is 540. The Labute approximate surface area is 113 Å². The molecule has 0 aliphatic carbocycles. The summed E-state index contributed by atoms with van der Waals surface area (Å²) in [5.41, 5.74) is 3.00. The smallest absolute Gasteiger partial charge is 0.212 e. The second-order valence-corrected chi connectivity index (χ2v) is 4.02. The molecule has 2 heterocycles. The van der Waals surface area contributed by atoms with Crippen LogP contribution in [-0.2, 0) is 6.42 Å². The summed E-state index contributed by atoms with van der Waals surface area (Å²) in [5, 5.41) is 3.26. The van der Waals surface area contributed by atoms with Gasteiger partial charge in [0.1, 0.15) is 12.1 Å². The van der Waals surface area contributed by atoms with Crippen LogP contribution < -0.4 is 10.1 Å². The molecule has 2 rings (SSSR count). The molecule has 0 aliphatic rings. The summed E-state index contributed by atoms with van der Waals surface area (Å²) < 4.78 is 5.07. The highest BCUT2D eigenvalue weighted by atomic mass is 16.5. The summed E-state index contributed by atoms with van der Waals surface area (Å²) in [4.78, 5) is 12.9.